The van der Waals surface area contributed by atoms with Crippen molar-refractivity contribution in [1.82, 2.24) is 9.97 Å². The molecule has 1 aromatic heterocycles. The van der Waals surface area contributed by atoms with E-state index >= 15 is 0 Å². The molecule has 18 heavy (non-hydrogen) atoms. The third-order valence-electron chi connectivity index (χ3n) is 3.13. The van der Waals surface area contributed by atoms with Crippen molar-refractivity contribution >= 4 is 5.95 Å². The summed E-state index contributed by atoms with van der Waals surface area (Å²) in [7, 11) is 0. The molecule has 1 aromatic rings. The Labute approximate surface area is 111 Å². The van der Waals surface area contributed by atoms with E-state index in [1.807, 2.05) is 12.4 Å². The second-order valence-corrected chi connectivity index (χ2v) is 5.11. The molecule has 0 amide bonds. The molecule has 0 atom stereocenters. The molecule has 4 heteroatoms. The molecule has 2 N–H and O–H groups in total. The number of aromatic nitrogens is 2. The van der Waals surface area contributed by atoms with Gasteiger partial charge in [0.2, 0.25) is 5.95 Å². The predicted octanol–water partition coefficient (Wildman–Crippen LogP) is 2.59. The van der Waals surface area contributed by atoms with Crippen LogP contribution in [0.2, 0.25) is 0 Å². The van der Waals surface area contributed by atoms with Crippen LogP contribution in [0.3, 0.4) is 0 Å². The third kappa shape index (κ3) is 3.95. The third-order valence-corrected chi connectivity index (χ3v) is 3.13. The second-order valence-electron chi connectivity index (χ2n) is 5.11. The molecule has 4 nitrogen and oxygen atoms in total. The lowest BCUT2D eigenvalue weighted by molar-refractivity contribution is 0.498. The van der Waals surface area contributed by atoms with E-state index in [-0.39, 0.29) is 0 Å². The van der Waals surface area contributed by atoms with Crippen LogP contribution in [0.5, 0.6) is 0 Å². The topological polar surface area (TPSA) is 55.0 Å². The molecular weight excluding hydrogens is 224 g/mol. The van der Waals surface area contributed by atoms with Gasteiger partial charge in [0.15, 0.2) is 0 Å². The quantitative estimate of drug-likeness (QED) is 0.808. The lowest BCUT2D eigenvalue weighted by atomic mass is 10.1. The standard InChI is InChI=1S/C14H26N4/c1-5-13(6-2)18(10-11(3)4)14-16-8-12(7-15)9-17-14/h8-9,11,13H,5-7,10,15H2,1-4H3. The van der Waals surface area contributed by atoms with Gasteiger partial charge in [-0.15, -0.1) is 0 Å². The van der Waals surface area contributed by atoms with E-state index in [4.69, 9.17) is 5.73 Å². The van der Waals surface area contributed by atoms with Crippen molar-refractivity contribution in [3.63, 3.8) is 0 Å². The van der Waals surface area contributed by atoms with Gasteiger partial charge >= 0.3 is 0 Å². The van der Waals surface area contributed by atoms with Crippen LogP contribution in [0.15, 0.2) is 12.4 Å². The minimum atomic E-state index is 0.495. The zero-order valence-corrected chi connectivity index (χ0v) is 12.1. The molecule has 0 saturated heterocycles. The highest BCUT2D eigenvalue weighted by molar-refractivity contribution is 5.31. The molecule has 0 bridgehead atoms. The summed E-state index contributed by atoms with van der Waals surface area (Å²) >= 11 is 0. The van der Waals surface area contributed by atoms with Gasteiger partial charge in [-0.05, 0) is 18.8 Å². The molecule has 0 fully saturated rings. The van der Waals surface area contributed by atoms with Gasteiger partial charge < -0.3 is 10.6 Å². The average Bonchev–Trinajstić information content (AvgIpc) is 2.38. The van der Waals surface area contributed by atoms with Gasteiger partial charge in [-0.25, -0.2) is 9.97 Å². The van der Waals surface area contributed by atoms with E-state index in [1.54, 1.807) is 0 Å². The second kappa shape index (κ2) is 7.31. The average molecular weight is 250 g/mol. The summed E-state index contributed by atoms with van der Waals surface area (Å²) in [6.45, 7) is 10.4. The molecular formula is C14H26N4. The van der Waals surface area contributed by atoms with E-state index in [0.29, 0.717) is 18.5 Å². The summed E-state index contributed by atoms with van der Waals surface area (Å²) in [5.74, 6) is 1.43. The van der Waals surface area contributed by atoms with Crippen LogP contribution < -0.4 is 10.6 Å². The molecule has 1 rings (SSSR count). The van der Waals surface area contributed by atoms with Crippen molar-refractivity contribution in [2.45, 2.75) is 53.1 Å². The first kappa shape index (κ1) is 14.9. The first-order valence-electron chi connectivity index (χ1n) is 6.89. The Balaban J connectivity index is 2.92. The van der Waals surface area contributed by atoms with Crippen molar-refractivity contribution < 1.29 is 0 Å². The largest absolute Gasteiger partial charge is 0.338 e. The Kier molecular flexibility index (Phi) is 6.05. The van der Waals surface area contributed by atoms with Gasteiger partial charge in [0.05, 0.1) is 0 Å². The van der Waals surface area contributed by atoms with Crippen LogP contribution >= 0.6 is 0 Å². The van der Waals surface area contributed by atoms with Crippen molar-refractivity contribution in [3.05, 3.63) is 18.0 Å². The minimum Gasteiger partial charge on any atom is -0.338 e. The Morgan fingerprint density at radius 2 is 1.72 bits per heavy atom. The molecule has 0 aliphatic rings. The fraction of sp³-hybridized carbons (Fsp3) is 0.714. The van der Waals surface area contributed by atoms with Crippen LogP contribution in [-0.4, -0.2) is 22.6 Å². The maximum atomic E-state index is 5.58. The van der Waals surface area contributed by atoms with Gasteiger partial charge in [-0.2, -0.15) is 0 Å². The zero-order valence-electron chi connectivity index (χ0n) is 12.1. The highest BCUT2D eigenvalue weighted by Gasteiger charge is 2.18. The van der Waals surface area contributed by atoms with Crippen LogP contribution in [-0.2, 0) is 6.54 Å². The van der Waals surface area contributed by atoms with Gasteiger partial charge in [-0.1, -0.05) is 27.7 Å². The summed E-state index contributed by atoms with van der Waals surface area (Å²) in [5.41, 5.74) is 6.55. The van der Waals surface area contributed by atoms with E-state index in [0.717, 1.165) is 30.9 Å². The van der Waals surface area contributed by atoms with Crippen LogP contribution in [0.1, 0.15) is 46.1 Å². The maximum absolute atomic E-state index is 5.58. The molecule has 0 aromatic carbocycles. The number of rotatable bonds is 7. The molecule has 0 saturated carbocycles. The molecule has 0 aliphatic heterocycles. The predicted molar refractivity (Wildman–Crippen MR) is 76.5 cm³/mol. The Bertz CT molecular complexity index is 330. The van der Waals surface area contributed by atoms with Crippen LogP contribution in [0.25, 0.3) is 0 Å². The highest BCUT2D eigenvalue weighted by Crippen LogP contribution is 2.17. The van der Waals surface area contributed by atoms with E-state index in [9.17, 15) is 0 Å². The van der Waals surface area contributed by atoms with Crippen LogP contribution in [0.4, 0.5) is 5.95 Å². The fourth-order valence-electron chi connectivity index (χ4n) is 2.12. The lowest BCUT2D eigenvalue weighted by Gasteiger charge is -2.32. The summed E-state index contributed by atoms with van der Waals surface area (Å²) in [6.07, 6.45) is 5.90. The van der Waals surface area contributed by atoms with Crippen molar-refractivity contribution in [2.75, 3.05) is 11.4 Å². The number of hydrogen-bond donors (Lipinski definition) is 1. The van der Waals surface area contributed by atoms with Gasteiger partial charge in [0.1, 0.15) is 0 Å². The fourth-order valence-corrected chi connectivity index (χ4v) is 2.12. The molecule has 0 radical (unpaired) electrons. The molecule has 0 spiro atoms. The Morgan fingerprint density at radius 3 is 2.11 bits per heavy atom. The number of hydrogen-bond acceptors (Lipinski definition) is 4. The maximum Gasteiger partial charge on any atom is 0.225 e. The van der Waals surface area contributed by atoms with Gasteiger partial charge in [-0.3, -0.25) is 0 Å². The van der Waals surface area contributed by atoms with Crippen molar-refractivity contribution in [3.8, 4) is 0 Å². The van der Waals surface area contributed by atoms with E-state index in [1.165, 1.54) is 0 Å². The SMILES string of the molecule is CCC(CC)N(CC(C)C)c1ncc(CN)cn1. The van der Waals surface area contributed by atoms with Crippen molar-refractivity contribution in [2.24, 2.45) is 11.7 Å². The summed E-state index contributed by atoms with van der Waals surface area (Å²) in [4.78, 5) is 11.2. The smallest absolute Gasteiger partial charge is 0.225 e. The number of anilines is 1. The number of nitrogens with zero attached hydrogens (tertiary/aromatic N) is 3. The van der Waals surface area contributed by atoms with Gasteiger partial charge in [0.25, 0.3) is 0 Å². The first-order chi connectivity index (χ1) is 8.62. The van der Waals surface area contributed by atoms with Gasteiger partial charge in [0, 0.05) is 37.1 Å². The van der Waals surface area contributed by atoms with E-state index in [2.05, 4.69) is 42.6 Å². The lowest BCUT2D eigenvalue weighted by Crippen LogP contribution is -2.38. The normalized spacial score (nSPS) is 11.3. The van der Waals surface area contributed by atoms with Crippen LogP contribution in [0, 0.1) is 5.92 Å². The highest BCUT2D eigenvalue weighted by atomic mass is 15.3. The van der Waals surface area contributed by atoms with E-state index < -0.39 is 0 Å². The molecule has 102 valence electrons. The van der Waals surface area contributed by atoms with Crippen molar-refractivity contribution in [1.29, 1.82) is 0 Å². The number of nitrogens with two attached hydrogens (primary N) is 1. The summed E-state index contributed by atoms with van der Waals surface area (Å²) in [6, 6.07) is 0.510. The summed E-state index contributed by atoms with van der Waals surface area (Å²) in [5, 5.41) is 0. The molecule has 0 unspecified atom stereocenters. The zero-order chi connectivity index (χ0) is 13.5. The Morgan fingerprint density at radius 1 is 1.17 bits per heavy atom. The summed E-state index contributed by atoms with van der Waals surface area (Å²) < 4.78 is 0. The molecule has 1 heterocycles. The molecule has 0 aliphatic carbocycles. The minimum absolute atomic E-state index is 0.495. The Hall–Kier alpha value is -1.16. The first-order valence-corrected chi connectivity index (χ1v) is 6.89. The monoisotopic (exact) mass is 250 g/mol.